The Labute approximate surface area is 61.1 Å². The third-order valence-corrected chi connectivity index (χ3v) is 1.50. The summed E-state index contributed by atoms with van der Waals surface area (Å²) in [6.07, 6.45) is 2.02. The van der Waals surface area contributed by atoms with Gasteiger partial charge in [0.25, 0.3) is 0 Å². The Kier molecular flexibility index (Phi) is 5.83. The van der Waals surface area contributed by atoms with Crippen molar-refractivity contribution in [1.29, 1.82) is 0 Å². The van der Waals surface area contributed by atoms with E-state index in [0.29, 0.717) is 0 Å². The molecule has 0 bridgehead atoms. The summed E-state index contributed by atoms with van der Waals surface area (Å²) < 4.78 is 0. The monoisotopic (exact) mass is 146 g/mol. The van der Waals surface area contributed by atoms with Crippen LogP contribution in [-0.4, -0.2) is 24.5 Å². The molecule has 1 aliphatic rings. The Bertz CT molecular complexity index is 91.1. The molecule has 2 nitrogen and oxygen atoms in total. The second kappa shape index (κ2) is 5.95. The molecular formula is C6H14N2S. The molecule has 1 N–H and O–H groups in total. The van der Waals surface area contributed by atoms with Gasteiger partial charge in [-0.2, -0.15) is 0 Å². The van der Waals surface area contributed by atoms with Crippen molar-refractivity contribution in [3.63, 3.8) is 0 Å². The molecule has 1 aliphatic heterocycles. The molecule has 0 amide bonds. The SMILES string of the molecule is CC.CSC1=NCCN1. The van der Waals surface area contributed by atoms with Gasteiger partial charge in [-0.05, 0) is 6.26 Å². The Morgan fingerprint density at radius 2 is 2.22 bits per heavy atom. The van der Waals surface area contributed by atoms with Crippen molar-refractivity contribution in [3.05, 3.63) is 0 Å². The zero-order chi connectivity index (χ0) is 7.11. The van der Waals surface area contributed by atoms with E-state index in [-0.39, 0.29) is 0 Å². The highest BCUT2D eigenvalue weighted by Crippen LogP contribution is 1.97. The maximum Gasteiger partial charge on any atom is 0.156 e. The van der Waals surface area contributed by atoms with Crippen molar-refractivity contribution in [1.82, 2.24) is 5.32 Å². The largest absolute Gasteiger partial charge is 0.363 e. The quantitative estimate of drug-likeness (QED) is 0.557. The molecule has 0 aromatic heterocycles. The number of thioether (sulfide) groups is 1. The smallest absolute Gasteiger partial charge is 0.156 e. The molecule has 54 valence electrons. The van der Waals surface area contributed by atoms with E-state index in [1.54, 1.807) is 11.8 Å². The molecule has 0 aromatic rings. The second-order valence-corrected chi connectivity index (χ2v) is 2.11. The van der Waals surface area contributed by atoms with Crippen LogP contribution >= 0.6 is 11.8 Å². The first-order valence-electron chi connectivity index (χ1n) is 3.26. The molecule has 0 saturated carbocycles. The number of rotatable bonds is 0. The minimum absolute atomic E-state index is 0.955. The van der Waals surface area contributed by atoms with Crippen LogP contribution in [0.5, 0.6) is 0 Å². The number of hydrogen-bond donors (Lipinski definition) is 1. The Morgan fingerprint density at radius 3 is 2.44 bits per heavy atom. The fourth-order valence-electron chi connectivity index (χ4n) is 0.513. The molecule has 0 aromatic carbocycles. The highest BCUT2D eigenvalue weighted by atomic mass is 32.2. The van der Waals surface area contributed by atoms with Gasteiger partial charge in [0.05, 0.1) is 6.54 Å². The van der Waals surface area contributed by atoms with Gasteiger partial charge in [-0.1, -0.05) is 25.6 Å². The first kappa shape index (κ1) is 8.82. The molecule has 1 rings (SSSR count). The minimum Gasteiger partial charge on any atom is -0.363 e. The van der Waals surface area contributed by atoms with Crippen molar-refractivity contribution in [2.24, 2.45) is 4.99 Å². The van der Waals surface area contributed by atoms with Crippen LogP contribution in [-0.2, 0) is 0 Å². The molecule has 0 aliphatic carbocycles. The van der Waals surface area contributed by atoms with Crippen molar-refractivity contribution in [2.75, 3.05) is 19.3 Å². The molecule has 0 spiro atoms. The van der Waals surface area contributed by atoms with E-state index in [4.69, 9.17) is 0 Å². The van der Waals surface area contributed by atoms with E-state index in [9.17, 15) is 0 Å². The zero-order valence-electron chi connectivity index (χ0n) is 6.27. The van der Waals surface area contributed by atoms with Gasteiger partial charge in [0.1, 0.15) is 0 Å². The van der Waals surface area contributed by atoms with Crippen LogP contribution in [0.1, 0.15) is 13.8 Å². The Morgan fingerprint density at radius 1 is 1.56 bits per heavy atom. The number of nitrogens with one attached hydrogen (secondary N) is 1. The molecule has 1 heterocycles. The summed E-state index contributed by atoms with van der Waals surface area (Å²) in [4.78, 5) is 4.12. The minimum atomic E-state index is 0.955. The van der Waals surface area contributed by atoms with E-state index in [0.717, 1.165) is 18.3 Å². The summed E-state index contributed by atoms with van der Waals surface area (Å²) in [6.45, 7) is 5.98. The van der Waals surface area contributed by atoms with Crippen LogP contribution in [0, 0.1) is 0 Å². The summed E-state index contributed by atoms with van der Waals surface area (Å²) in [6, 6.07) is 0. The van der Waals surface area contributed by atoms with Gasteiger partial charge in [-0.3, -0.25) is 4.99 Å². The first-order chi connectivity index (χ1) is 4.43. The van der Waals surface area contributed by atoms with Gasteiger partial charge in [0, 0.05) is 6.54 Å². The second-order valence-electron chi connectivity index (χ2n) is 1.32. The average molecular weight is 146 g/mol. The standard InChI is InChI=1S/C4H8N2S.C2H6/c1-7-4-5-2-3-6-4;1-2/h2-3H2,1H3,(H,5,6);1-2H3. The Balaban J connectivity index is 0.000000291. The van der Waals surface area contributed by atoms with Crippen molar-refractivity contribution in [3.8, 4) is 0 Å². The zero-order valence-corrected chi connectivity index (χ0v) is 7.09. The first-order valence-corrected chi connectivity index (χ1v) is 4.48. The third kappa shape index (κ3) is 3.40. The van der Waals surface area contributed by atoms with Gasteiger partial charge in [0.15, 0.2) is 5.17 Å². The van der Waals surface area contributed by atoms with Gasteiger partial charge >= 0.3 is 0 Å². The van der Waals surface area contributed by atoms with Crippen LogP contribution in [0.25, 0.3) is 0 Å². The fourth-order valence-corrected chi connectivity index (χ4v) is 0.980. The lowest BCUT2D eigenvalue weighted by Gasteiger charge is -1.91. The van der Waals surface area contributed by atoms with Crippen LogP contribution in [0.2, 0.25) is 0 Å². The average Bonchev–Trinajstić information content (AvgIpc) is 2.43. The predicted octanol–water partition coefficient (Wildman–Crippen LogP) is 1.33. The van der Waals surface area contributed by atoms with Crippen molar-refractivity contribution >= 4 is 16.9 Å². The summed E-state index contributed by atoms with van der Waals surface area (Å²) in [5, 5.41) is 4.20. The van der Waals surface area contributed by atoms with Crippen LogP contribution in [0.3, 0.4) is 0 Å². The molecule has 0 fully saturated rings. The lowest BCUT2D eigenvalue weighted by molar-refractivity contribution is 0.963. The molecule has 0 saturated heterocycles. The van der Waals surface area contributed by atoms with Gasteiger partial charge < -0.3 is 5.32 Å². The molecule has 9 heavy (non-hydrogen) atoms. The molecule has 0 atom stereocenters. The highest BCUT2D eigenvalue weighted by Gasteiger charge is 1.99. The lowest BCUT2D eigenvalue weighted by atomic mass is 10.7. The summed E-state index contributed by atoms with van der Waals surface area (Å²) in [5.74, 6) is 0. The van der Waals surface area contributed by atoms with Crippen molar-refractivity contribution < 1.29 is 0 Å². The topological polar surface area (TPSA) is 24.4 Å². The summed E-state index contributed by atoms with van der Waals surface area (Å²) >= 11 is 1.67. The highest BCUT2D eigenvalue weighted by molar-refractivity contribution is 8.13. The van der Waals surface area contributed by atoms with Gasteiger partial charge in [-0.15, -0.1) is 0 Å². The summed E-state index contributed by atoms with van der Waals surface area (Å²) in [7, 11) is 0. The molecule has 0 radical (unpaired) electrons. The van der Waals surface area contributed by atoms with Crippen molar-refractivity contribution in [2.45, 2.75) is 13.8 Å². The van der Waals surface area contributed by atoms with Gasteiger partial charge in [-0.25, -0.2) is 0 Å². The van der Waals surface area contributed by atoms with Gasteiger partial charge in [0.2, 0.25) is 0 Å². The molecular weight excluding hydrogens is 132 g/mol. The van der Waals surface area contributed by atoms with E-state index in [1.807, 2.05) is 20.1 Å². The predicted molar refractivity (Wildman–Crippen MR) is 45.2 cm³/mol. The number of amidine groups is 1. The fraction of sp³-hybridized carbons (Fsp3) is 0.833. The maximum atomic E-state index is 4.12. The van der Waals surface area contributed by atoms with Crippen LogP contribution in [0.15, 0.2) is 4.99 Å². The van der Waals surface area contributed by atoms with E-state index >= 15 is 0 Å². The van der Waals surface area contributed by atoms with E-state index in [2.05, 4.69) is 10.3 Å². The lowest BCUT2D eigenvalue weighted by Crippen LogP contribution is -2.14. The van der Waals surface area contributed by atoms with E-state index < -0.39 is 0 Å². The normalized spacial score (nSPS) is 15.2. The van der Waals surface area contributed by atoms with Crippen LogP contribution in [0.4, 0.5) is 0 Å². The number of hydrogen-bond acceptors (Lipinski definition) is 3. The molecule has 3 heteroatoms. The van der Waals surface area contributed by atoms with E-state index in [1.165, 1.54) is 0 Å². The third-order valence-electron chi connectivity index (χ3n) is 0.837. The Hall–Kier alpha value is -0.180. The number of aliphatic imine (C=N–C) groups is 1. The summed E-state index contributed by atoms with van der Waals surface area (Å²) in [5.41, 5.74) is 0. The molecule has 0 unspecified atom stereocenters. The maximum absolute atomic E-state index is 4.12. The van der Waals surface area contributed by atoms with Crippen LogP contribution < -0.4 is 5.32 Å². The number of nitrogens with zero attached hydrogens (tertiary/aromatic N) is 1.